The topological polar surface area (TPSA) is 58.6 Å². The van der Waals surface area contributed by atoms with Crippen LogP contribution in [0.4, 0.5) is 13.2 Å². The van der Waals surface area contributed by atoms with Gasteiger partial charge in [-0.2, -0.15) is 13.2 Å². The van der Waals surface area contributed by atoms with E-state index >= 15 is 0 Å². The highest BCUT2D eigenvalue weighted by Gasteiger charge is 2.33. The van der Waals surface area contributed by atoms with Gasteiger partial charge in [0.2, 0.25) is 0 Å². The van der Waals surface area contributed by atoms with Crippen LogP contribution in [0.1, 0.15) is 16.7 Å². The summed E-state index contributed by atoms with van der Waals surface area (Å²) in [4.78, 5) is 0. The van der Waals surface area contributed by atoms with Crippen molar-refractivity contribution >= 4 is 5.84 Å². The van der Waals surface area contributed by atoms with Gasteiger partial charge in [0.25, 0.3) is 0 Å². The van der Waals surface area contributed by atoms with Crippen LogP contribution in [-0.2, 0) is 6.18 Å². The number of halogens is 3. The van der Waals surface area contributed by atoms with Gasteiger partial charge in [0.1, 0.15) is 0 Å². The second kappa shape index (κ2) is 3.80. The van der Waals surface area contributed by atoms with Crippen LogP contribution in [0.2, 0.25) is 0 Å². The van der Waals surface area contributed by atoms with Crippen molar-refractivity contribution in [2.24, 2.45) is 10.9 Å². The maximum Gasteiger partial charge on any atom is 0.416 e. The summed E-state index contributed by atoms with van der Waals surface area (Å²) in [6.45, 7) is 1.27. The summed E-state index contributed by atoms with van der Waals surface area (Å²) in [5.41, 5.74) is 4.48. The highest BCUT2D eigenvalue weighted by Crippen LogP contribution is 2.32. The average Bonchev–Trinajstić information content (AvgIpc) is 2.15. The van der Waals surface area contributed by atoms with Crippen molar-refractivity contribution in [1.29, 1.82) is 0 Å². The van der Waals surface area contributed by atoms with Gasteiger partial charge >= 0.3 is 6.18 Å². The smallest absolute Gasteiger partial charge is 0.409 e. The van der Waals surface area contributed by atoms with Crippen LogP contribution in [0.25, 0.3) is 0 Å². The van der Waals surface area contributed by atoms with Gasteiger partial charge in [0.15, 0.2) is 5.84 Å². The van der Waals surface area contributed by atoms with Gasteiger partial charge in [0.05, 0.1) is 5.56 Å². The third kappa shape index (κ3) is 2.20. The highest BCUT2D eigenvalue weighted by atomic mass is 19.4. The molecular formula is C9H9F3N2O. The Morgan fingerprint density at radius 2 is 2.00 bits per heavy atom. The van der Waals surface area contributed by atoms with Gasteiger partial charge in [-0.05, 0) is 18.6 Å². The molecule has 1 aromatic carbocycles. The first-order valence-corrected chi connectivity index (χ1v) is 4.02. The molecule has 1 aromatic rings. The molecule has 0 amide bonds. The number of hydrogen-bond acceptors (Lipinski definition) is 2. The Balaban J connectivity index is 3.36. The molecule has 0 saturated carbocycles. The summed E-state index contributed by atoms with van der Waals surface area (Å²) in [6.07, 6.45) is -4.43. The molecule has 1 rings (SSSR count). The first kappa shape index (κ1) is 11.4. The molecule has 3 N–H and O–H groups in total. The van der Waals surface area contributed by atoms with Gasteiger partial charge in [-0.15, -0.1) is 0 Å². The van der Waals surface area contributed by atoms with Crippen LogP contribution >= 0.6 is 0 Å². The van der Waals surface area contributed by atoms with Crippen LogP contribution < -0.4 is 5.73 Å². The molecule has 15 heavy (non-hydrogen) atoms. The fourth-order valence-electron chi connectivity index (χ4n) is 1.27. The molecule has 0 aliphatic heterocycles. The molecule has 0 aliphatic carbocycles. The summed E-state index contributed by atoms with van der Waals surface area (Å²) >= 11 is 0. The van der Waals surface area contributed by atoms with Crippen LogP contribution in [0, 0.1) is 6.92 Å². The number of nitrogens with two attached hydrogens (primary N) is 1. The molecule has 0 atom stereocenters. The van der Waals surface area contributed by atoms with Crippen molar-refractivity contribution in [1.82, 2.24) is 0 Å². The Morgan fingerprint density at radius 1 is 1.40 bits per heavy atom. The number of oxime groups is 1. The maximum absolute atomic E-state index is 12.5. The predicted molar refractivity (Wildman–Crippen MR) is 48.7 cm³/mol. The van der Waals surface area contributed by atoms with Crippen molar-refractivity contribution in [2.45, 2.75) is 13.1 Å². The van der Waals surface area contributed by atoms with Crippen LogP contribution in [-0.4, -0.2) is 11.0 Å². The summed E-state index contributed by atoms with van der Waals surface area (Å²) in [7, 11) is 0. The first-order valence-electron chi connectivity index (χ1n) is 4.02. The predicted octanol–water partition coefficient (Wildman–Crippen LogP) is 2.11. The van der Waals surface area contributed by atoms with E-state index in [1.54, 1.807) is 0 Å². The normalized spacial score (nSPS) is 12.9. The minimum absolute atomic E-state index is 0.0553. The van der Waals surface area contributed by atoms with Gasteiger partial charge in [-0.3, -0.25) is 0 Å². The van der Waals surface area contributed by atoms with Crippen molar-refractivity contribution in [3.8, 4) is 0 Å². The summed E-state index contributed by atoms with van der Waals surface area (Å²) in [6, 6.07) is 3.52. The third-order valence-corrected chi connectivity index (χ3v) is 2.02. The Labute approximate surface area is 84.0 Å². The van der Waals surface area contributed by atoms with E-state index in [1.165, 1.54) is 19.1 Å². The SMILES string of the molecule is Cc1c(C(N)=NO)cccc1C(F)(F)F. The minimum Gasteiger partial charge on any atom is -0.409 e. The van der Waals surface area contributed by atoms with E-state index in [0.717, 1.165) is 6.07 Å². The molecule has 0 bridgehead atoms. The molecule has 6 heteroatoms. The number of nitrogens with zero attached hydrogens (tertiary/aromatic N) is 1. The van der Waals surface area contributed by atoms with E-state index in [2.05, 4.69) is 5.16 Å². The fraction of sp³-hybridized carbons (Fsp3) is 0.222. The van der Waals surface area contributed by atoms with Crippen LogP contribution in [0.15, 0.2) is 23.4 Å². The average molecular weight is 218 g/mol. The summed E-state index contributed by atoms with van der Waals surface area (Å²) in [5, 5.41) is 11.1. The lowest BCUT2D eigenvalue weighted by molar-refractivity contribution is -0.138. The van der Waals surface area contributed by atoms with Gasteiger partial charge in [0, 0.05) is 5.56 Å². The van der Waals surface area contributed by atoms with E-state index in [0.29, 0.717) is 0 Å². The molecule has 0 fully saturated rings. The maximum atomic E-state index is 12.5. The standard InChI is InChI=1S/C9H9F3N2O/c1-5-6(8(13)14-15)3-2-4-7(5)9(10,11)12/h2-4,15H,1H3,(H2,13,14). The van der Waals surface area contributed by atoms with Crippen LogP contribution in [0.3, 0.4) is 0 Å². The Hall–Kier alpha value is -1.72. The summed E-state index contributed by atoms with van der Waals surface area (Å²) < 4.78 is 37.4. The Bertz CT molecular complexity index is 399. The second-order valence-electron chi connectivity index (χ2n) is 2.96. The first-order chi connectivity index (χ1) is 6.88. The molecule has 0 saturated heterocycles. The molecule has 0 heterocycles. The van der Waals surface area contributed by atoms with Gasteiger partial charge in [-0.25, -0.2) is 0 Å². The zero-order valence-electron chi connectivity index (χ0n) is 7.84. The molecule has 0 radical (unpaired) electrons. The van der Waals surface area contributed by atoms with E-state index < -0.39 is 11.7 Å². The third-order valence-electron chi connectivity index (χ3n) is 2.02. The molecule has 0 aromatic heterocycles. The fourth-order valence-corrected chi connectivity index (χ4v) is 1.27. The van der Waals surface area contributed by atoms with E-state index in [1.807, 2.05) is 0 Å². The number of hydrogen-bond donors (Lipinski definition) is 2. The zero-order valence-corrected chi connectivity index (χ0v) is 7.84. The van der Waals surface area contributed by atoms with Gasteiger partial charge < -0.3 is 10.9 Å². The van der Waals surface area contributed by atoms with Crippen molar-refractivity contribution in [3.05, 3.63) is 34.9 Å². The number of rotatable bonds is 1. The van der Waals surface area contributed by atoms with E-state index in [9.17, 15) is 13.2 Å². The number of amidine groups is 1. The Kier molecular flexibility index (Phi) is 2.88. The molecule has 0 aliphatic rings. The highest BCUT2D eigenvalue weighted by molar-refractivity contribution is 5.98. The minimum atomic E-state index is -4.43. The quantitative estimate of drug-likeness (QED) is 0.328. The lowest BCUT2D eigenvalue weighted by atomic mass is 10.0. The molecular weight excluding hydrogens is 209 g/mol. The van der Waals surface area contributed by atoms with E-state index in [4.69, 9.17) is 10.9 Å². The van der Waals surface area contributed by atoms with Crippen molar-refractivity contribution in [3.63, 3.8) is 0 Å². The van der Waals surface area contributed by atoms with E-state index in [-0.39, 0.29) is 17.0 Å². The Morgan fingerprint density at radius 3 is 2.47 bits per heavy atom. The zero-order chi connectivity index (χ0) is 11.6. The van der Waals surface area contributed by atoms with Crippen molar-refractivity contribution < 1.29 is 18.4 Å². The lowest BCUT2D eigenvalue weighted by Gasteiger charge is -2.12. The molecule has 0 spiro atoms. The van der Waals surface area contributed by atoms with Crippen LogP contribution in [0.5, 0.6) is 0 Å². The molecule has 3 nitrogen and oxygen atoms in total. The number of benzene rings is 1. The molecule has 0 unspecified atom stereocenters. The lowest BCUT2D eigenvalue weighted by Crippen LogP contribution is -2.17. The second-order valence-corrected chi connectivity index (χ2v) is 2.96. The van der Waals surface area contributed by atoms with Gasteiger partial charge in [-0.1, -0.05) is 17.3 Å². The number of alkyl halides is 3. The monoisotopic (exact) mass is 218 g/mol. The van der Waals surface area contributed by atoms with Crippen molar-refractivity contribution in [2.75, 3.05) is 0 Å². The molecule has 82 valence electrons. The summed E-state index contributed by atoms with van der Waals surface area (Å²) in [5.74, 6) is -0.335. The largest absolute Gasteiger partial charge is 0.416 e.